The van der Waals surface area contributed by atoms with Gasteiger partial charge in [-0.3, -0.25) is 9.59 Å². The number of benzene rings is 2. The highest BCUT2D eigenvalue weighted by molar-refractivity contribution is 6.30. The normalized spacial score (nSPS) is 23.7. The third-order valence-corrected chi connectivity index (χ3v) is 6.38. The van der Waals surface area contributed by atoms with E-state index >= 15 is 0 Å². The van der Waals surface area contributed by atoms with E-state index in [2.05, 4.69) is 0 Å². The minimum Gasteiger partial charge on any atom is -0.357 e. The predicted octanol–water partition coefficient (Wildman–Crippen LogP) is 4.89. The van der Waals surface area contributed by atoms with Gasteiger partial charge in [0.2, 0.25) is 5.91 Å². The van der Waals surface area contributed by atoms with Crippen molar-refractivity contribution in [3.63, 3.8) is 0 Å². The summed E-state index contributed by atoms with van der Waals surface area (Å²) in [5, 5.41) is 1.23. The van der Waals surface area contributed by atoms with Crippen LogP contribution in [0.4, 0.5) is 0 Å². The van der Waals surface area contributed by atoms with Crippen molar-refractivity contribution in [2.45, 2.75) is 37.5 Å². The molecule has 7 heteroatoms. The maximum atomic E-state index is 13.5. The third kappa shape index (κ3) is 5.05. The molecule has 1 heterocycles. The van der Waals surface area contributed by atoms with Crippen LogP contribution in [-0.2, 0) is 14.3 Å². The molecule has 2 fully saturated rings. The second kappa shape index (κ2) is 9.19. The summed E-state index contributed by atoms with van der Waals surface area (Å²) < 4.78 is 6.36. The van der Waals surface area contributed by atoms with Crippen molar-refractivity contribution >= 4 is 35.0 Å². The van der Waals surface area contributed by atoms with Gasteiger partial charge in [0.15, 0.2) is 0 Å². The van der Waals surface area contributed by atoms with Crippen molar-refractivity contribution in [3.8, 4) is 0 Å². The summed E-state index contributed by atoms with van der Waals surface area (Å²) in [4.78, 5) is 29.3. The van der Waals surface area contributed by atoms with E-state index in [1.807, 2.05) is 53.4 Å². The number of nitrogens with zero attached hydrogens (tertiary/aromatic N) is 2. The fourth-order valence-electron chi connectivity index (χ4n) is 4.01. The van der Waals surface area contributed by atoms with Gasteiger partial charge < -0.3 is 14.5 Å². The molecule has 2 aromatic carbocycles. The number of ether oxygens (including phenoxy) is 1. The van der Waals surface area contributed by atoms with Crippen LogP contribution in [0.3, 0.4) is 0 Å². The summed E-state index contributed by atoms with van der Waals surface area (Å²) in [5.41, 5.74) is 1.82. The Balaban J connectivity index is 1.76. The van der Waals surface area contributed by atoms with Crippen LogP contribution in [0, 0.1) is 5.92 Å². The zero-order valence-electron chi connectivity index (χ0n) is 17.6. The van der Waals surface area contributed by atoms with Crippen molar-refractivity contribution < 1.29 is 14.3 Å². The number of carbonyl (C=O) groups excluding carboxylic acids is 2. The first-order valence-corrected chi connectivity index (χ1v) is 11.3. The average Bonchev–Trinajstić information content (AvgIpc) is 3.55. The quantitative estimate of drug-likeness (QED) is 0.616. The SMILES string of the molecule is CN(C)C(=O)C[C@H]1O[C@H](c2cccc(Cl)c2)[C@H](c2ccc(Cl)cc2)N(CC2CC2)C1=O. The molecule has 2 amide bonds. The van der Waals surface area contributed by atoms with Crippen molar-refractivity contribution in [1.29, 1.82) is 0 Å². The highest BCUT2D eigenvalue weighted by atomic mass is 35.5. The first-order valence-electron chi connectivity index (χ1n) is 10.5. The van der Waals surface area contributed by atoms with Crippen LogP contribution in [0.25, 0.3) is 0 Å². The Labute approximate surface area is 192 Å². The van der Waals surface area contributed by atoms with E-state index in [0.29, 0.717) is 22.5 Å². The molecule has 31 heavy (non-hydrogen) atoms. The molecule has 2 aromatic rings. The molecule has 0 radical (unpaired) electrons. The molecular weight excluding hydrogens is 435 g/mol. The summed E-state index contributed by atoms with van der Waals surface area (Å²) in [6.07, 6.45) is 0.956. The van der Waals surface area contributed by atoms with Gasteiger partial charge in [-0.05, 0) is 54.2 Å². The smallest absolute Gasteiger partial charge is 0.252 e. The summed E-state index contributed by atoms with van der Waals surface area (Å²) in [6.45, 7) is 0.652. The van der Waals surface area contributed by atoms with E-state index in [9.17, 15) is 9.59 Å². The van der Waals surface area contributed by atoms with E-state index in [1.54, 1.807) is 14.1 Å². The molecule has 0 aromatic heterocycles. The number of halogens is 2. The summed E-state index contributed by atoms with van der Waals surface area (Å²) >= 11 is 12.4. The first kappa shape index (κ1) is 22.1. The van der Waals surface area contributed by atoms with Gasteiger partial charge in [-0.1, -0.05) is 47.5 Å². The summed E-state index contributed by atoms with van der Waals surface area (Å²) in [6, 6.07) is 14.7. The summed E-state index contributed by atoms with van der Waals surface area (Å²) in [5.74, 6) is 0.210. The molecule has 1 aliphatic heterocycles. The lowest BCUT2D eigenvalue weighted by atomic mass is 9.91. The highest BCUT2D eigenvalue weighted by Gasteiger charge is 2.46. The lowest BCUT2D eigenvalue weighted by Crippen LogP contribution is -2.52. The predicted molar refractivity (Wildman–Crippen MR) is 121 cm³/mol. The lowest BCUT2D eigenvalue weighted by Gasteiger charge is -2.45. The van der Waals surface area contributed by atoms with Gasteiger partial charge >= 0.3 is 0 Å². The maximum Gasteiger partial charge on any atom is 0.252 e. The topological polar surface area (TPSA) is 49.9 Å². The van der Waals surface area contributed by atoms with Gasteiger partial charge in [0.1, 0.15) is 12.2 Å². The van der Waals surface area contributed by atoms with E-state index in [1.165, 1.54) is 4.90 Å². The first-order chi connectivity index (χ1) is 14.8. The highest BCUT2D eigenvalue weighted by Crippen LogP contribution is 2.45. The zero-order valence-corrected chi connectivity index (χ0v) is 19.1. The van der Waals surface area contributed by atoms with Crippen molar-refractivity contribution in [2.24, 2.45) is 5.92 Å². The Morgan fingerprint density at radius 2 is 1.77 bits per heavy atom. The zero-order chi connectivity index (χ0) is 22.1. The summed E-state index contributed by atoms with van der Waals surface area (Å²) in [7, 11) is 3.37. The number of rotatable bonds is 6. The largest absolute Gasteiger partial charge is 0.357 e. The van der Waals surface area contributed by atoms with E-state index in [0.717, 1.165) is 24.0 Å². The number of amides is 2. The van der Waals surface area contributed by atoms with E-state index in [-0.39, 0.29) is 24.3 Å². The molecular formula is C24H26Cl2N2O3. The number of carbonyl (C=O) groups is 2. The van der Waals surface area contributed by atoms with Crippen LogP contribution in [0.5, 0.6) is 0 Å². The van der Waals surface area contributed by atoms with Crippen LogP contribution in [0.15, 0.2) is 48.5 Å². The number of morpholine rings is 1. The van der Waals surface area contributed by atoms with Gasteiger partial charge in [0, 0.05) is 30.7 Å². The molecule has 3 atom stereocenters. The average molecular weight is 461 g/mol. The Hall–Kier alpha value is -2.08. The van der Waals surface area contributed by atoms with Crippen molar-refractivity contribution in [2.75, 3.05) is 20.6 Å². The standard InChI is InChI=1S/C24H26Cl2N2O3/c1-27(2)21(29)13-20-24(30)28(14-15-6-7-15)22(16-8-10-18(25)11-9-16)23(31-20)17-4-3-5-19(26)12-17/h3-5,8-12,15,20,22-23H,6-7,13-14H2,1-2H3/t20-,22+,23-/m1/s1. The van der Waals surface area contributed by atoms with Gasteiger partial charge in [-0.15, -0.1) is 0 Å². The van der Waals surface area contributed by atoms with E-state index in [4.69, 9.17) is 27.9 Å². The monoisotopic (exact) mass is 460 g/mol. The molecule has 0 spiro atoms. The minimum atomic E-state index is -0.832. The van der Waals surface area contributed by atoms with Crippen molar-refractivity contribution in [1.82, 2.24) is 9.80 Å². The second-order valence-electron chi connectivity index (χ2n) is 8.52. The Kier molecular flexibility index (Phi) is 6.56. The lowest BCUT2D eigenvalue weighted by molar-refractivity contribution is -0.178. The van der Waals surface area contributed by atoms with Crippen molar-refractivity contribution in [3.05, 3.63) is 69.7 Å². The Morgan fingerprint density at radius 3 is 2.39 bits per heavy atom. The number of hydrogen-bond acceptors (Lipinski definition) is 3. The van der Waals surface area contributed by atoms with Crippen LogP contribution >= 0.6 is 23.2 Å². The molecule has 1 saturated carbocycles. The molecule has 1 aliphatic carbocycles. The van der Waals surface area contributed by atoms with Gasteiger partial charge in [0.25, 0.3) is 5.91 Å². The molecule has 0 N–H and O–H groups in total. The molecule has 5 nitrogen and oxygen atoms in total. The van der Waals surface area contributed by atoms with Gasteiger partial charge in [0.05, 0.1) is 12.5 Å². The van der Waals surface area contributed by atoms with E-state index < -0.39 is 12.2 Å². The molecule has 0 bridgehead atoms. The fraction of sp³-hybridized carbons (Fsp3) is 0.417. The van der Waals surface area contributed by atoms with Crippen LogP contribution in [0.2, 0.25) is 10.0 Å². The van der Waals surface area contributed by atoms with Crippen LogP contribution in [0.1, 0.15) is 42.5 Å². The van der Waals surface area contributed by atoms with Gasteiger partial charge in [-0.2, -0.15) is 0 Å². The molecule has 1 saturated heterocycles. The fourth-order valence-corrected chi connectivity index (χ4v) is 4.34. The van der Waals surface area contributed by atoms with Gasteiger partial charge in [-0.25, -0.2) is 0 Å². The van der Waals surface area contributed by atoms with Crippen LogP contribution in [-0.4, -0.2) is 48.4 Å². The molecule has 0 unspecified atom stereocenters. The molecule has 164 valence electrons. The van der Waals surface area contributed by atoms with Crippen LogP contribution < -0.4 is 0 Å². The maximum absolute atomic E-state index is 13.5. The Bertz CT molecular complexity index is 960. The minimum absolute atomic E-state index is 0.0113. The Morgan fingerprint density at radius 1 is 1.06 bits per heavy atom. The second-order valence-corrected chi connectivity index (χ2v) is 9.40. The molecule has 2 aliphatic rings. The third-order valence-electron chi connectivity index (χ3n) is 5.89. The number of hydrogen-bond donors (Lipinski definition) is 0. The molecule has 4 rings (SSSR count).